The van der Waals surface area contributed by atoms with Crippen molar-refractivity contribution in [2.24, 2.45) is 0 Å². The zero-order valence-corrected chi connectivity index (χ0v) is 25.4. The Morgan fingerprint density at radius 1 is 0.951 bits per heavy atom. The minimum Gasteiger partial charge on any atom is -0.352 e. The summed E-state index contributed by atoms with van der Waals surface area (Å²) in [6.07, 6.45) is 5.32. The van der Waals surface area contributed by atoms with Gasteiger partial charge in [0.15, 0.2) is 0 Å². The van der Waals surface area contributed by atoms with Crippen LogP contribution >= 0.6 is 11.6 Å². The van der Waals surface area contributed by atoms with Gasteiger partial charge in [-0.3, -0.25) is 13.9 Å². The van der Waals surface area contributed by atoms with Crippen molar-refractivity contribution in [2.75, 3.05) is 17.1 Å². The number of benzene rings is 3. The Balaban J connectivity index is 1.75. The van der Waals surface area contributed by atoms with Gasteiger partial charge >= 0.3 is 0 Å². The molecule has 3 aromatic carbocycles. The topological polar surface area (TPSA) is 86.8 Å². The number of amides is 2. The minimum atomic E-state index is -3.84. The van der Waals surface area contributed by atoms with Crippen molar-refractivity contribution in [3.8, 4) is 0 Å². The molecular weight excluding hydrogens is 558 g/mol. The molecule has 0 unspecified atom stereocenters. The van der Waals surface area contributed by atoms with E-state index in [1.807, 2.05) is 61.5 Å². The standard InChI is InChI=1S/C32H38ClN3O4S/c1-23-11-7-8-14-26(23)21-35(31(37)22-36(41(3,39)40)29-18-17-27(33)19-24(29)2)30(20-25-12-5-4-6-13-25)32(38)34-28-15-9-10-16-28/h4-8,11-14,17-19,28,30H,9-10,15-16,20-22H2,1-3H3,(H,34,38)/t30-/m1/s1. The maximum atomic E-state index is 14.3. The number of rotatable bonds is 11. The summed E-state index contributed by atoms with van der Waals surface area (Å²) in [6.45, 7) is 3.43. The number of carbonyl (C=O) groups excluding carboxylic acids is 2. The number of nitrogens with zero attached hydrogens (tertiary/aromatic N) is 2. The molecule has 0 aromatic heterocycles. The van der Waals surface area contributed by atoms with Crippen molar-refractivity contribution < 1.29 is 18.0 Å². The normalized spacial score (nSPS) is 14.4. The SMILES string of the molecule is Cc1ccccc1CN(C(=O)CN(c1ccc(Cl)cc1C)S(C)(=O)=O)[C@H](Cc1ccccc1)C(=O)NC1CCCC1. The van der Waals surface area contributed by atoms with Crippen LogP contribution in [0, 0.1) is 13.8 Å². The van der Waals surface area contributed by atoms with Gasteiger partial charge in [0.1, 0.15) is 12.6 Å². The number of hydrogen-bond acceptors (Lipinski definition) is 4. The van der Waals surface area contributed by atoms with Crippen LogP contribution < -0.4 is 9.62 Å². The van der Waals surface area contributed by atoms with Gasteiger partial charge in [-0.05, 0) is 67.1 Å². The summed E-state index contributed by atoms with van der Waals surface area (Å²) in [5.74, 6) is -0.688. The number of hydrogen-bond donors (Lipinski definition) is 1. The molecule has 0 saturated heterocycles. The van der Waals surface area contributed by atoms with Crippen molar-refractivity contribution in [2.45, 2.75) is 64.6 Å². The lowest BCUT2D eigenvalue weighted by atomic mass is 10.0. The lowest BCUT2D eigenvalue weighted by molar-refractivity contribution is -0.140. The Morgan fingerprint density at radius 3 is 2.24 bits per heavy atom. The van der Waals surface area contributed by atoms with Crippen LogP contribution in [-0.4, -0.2) is 50.0 Å². The maximum Gasteiger partial charge on any atom is 0.244 e. The van der Waals surface area contributed by atoms with E-state index in [-0.39, 0.29) is 18.5 Å². The predicted molar refractivity (Wildman–Crippen MR) is 164 cm³/mol. The van der Waals surface area contributed by atoms with Gasteiger partial charge < -0.3 is 10.2 Å². The number of aryl methyl sites for hydroxylation is 2. The van der Waals surface area contributed by atoms with Crippen molar-refractivity contribution in [1.29, 1.82) is 0 Å². The molecule has 0 spiro atoms. The van der Waals surface area contributed by atoms with Crippen molar-refractivity contribution in [3.05, 3.63) is 100 Å². The third-order valence-corrected chi connectivity index (χ3v) is 9.04. The second-order valence-electron chi connectivity index (χ2n) is 10.8. The van der Waals surface area contributed by atoms with Crippen LogP contribution in [0.1, 0.15) is 47.9 Å². The molecule has 3 aromatic rings. The molecule has 1 aliphatic rings. The van der Waals surface area contributed by atoms with Crippen LogP contribution in [0.4, 0.5) is 5.69 Å². The van der Waals surface area contributed by atoms with Crippen LogP contribution in [0.2, 0.25) is 5.02 Å². The number of sulfonamides is 1. The highest BCUT2D eigenvalue weighted by atomic mass is 35.5. The van der Waals surface area contributed by atoms with Crippen LogP contribution in [0.3, 0.4) is 0 Å². The van der Waals surface area contributed by atoms with E-state index in [4.69, 9.17) is 11.6 Å². The average Bonchev–Trinajstić information content (AvgIpc) is 3.43. The van der Waals surface area contributed by atoms with E-state index in [9.17, 15) is 18.0 Å². The first-order chi connectivity index (χ1) is 19.5. The molecule has 1 atom stereocenters. The van der Waals surface area contributed by atoms with Gasteiger partial charge in [0, 0.05) is 24.0 Å². The molecule has 1 fully saturated rings. The molecule has 0 aliphatic heterocycles. The van der Waals surface area contributed by atoms with Crippen LogP contribution in [0.25, 0.3) is 0 Å². The van der Waals surface area contributed by atoms with E-state index in [0.29, 0.717) is 22.7 Å². The van der Waals surface area contributed by atoms with E-state index in [1.54, 1.807) is 30.0 Å². The Bertz CT molecular complexity index is 1470. The molecule has 1 aliphatic carbocycles. The molecule has 1 N–H and O–H groups in total. The highest BCUT2D eigenvalue weighted by molar-refractivity contribution is 7.92. The molecular formula is C32H38ClN3O4S. The quantitative estimate of drug-likeness (QED) is 0.321. The van der Waals surface area contributed by atoms with Gasteiger partial charge in [0.25, 0.3) is 0 Å². The minimum absolute atomic E-state index is 0.0698. The number of carbonyl (C=O) groups is 2. The van der Waals surface area contributed by atoms with Crippen LogP contribution in [-0.2, 0) is 32.6 Å². The summed E-state index contributed by atoms with van der Waals surface area (Å²) < 4.78 is 27.1. The number of anilines is 1. The monoisotopic (exact) mass is 595 g/mol. The second kappa shape index (κ2) is 13.5. The fraction of sp³-hybridized carbons (Fsp3) is 0.375. The average molecular weight is 596 g/mol. The van der Waals surface area contributed by atoms with E-state index in [2.05, 4.69) is 5.32 Å². The van der Waals surface area contributed by atoms with E-state index in [1.165, 1.54) is 0 Å². The summed E-state index contributed by atoms with van der Waals surface area (Å²) in [4.78, 5) is 29.7. The van der Waals surface area contributed by atoms with Gasteiger partial charge in [-0.15, -0.1) is 0 Å². The van der Waals surface area contributed by atoms with E-state index >= 15 is 0 Å². The molecule has 0 radical (unpaired) electrons. The lowest BCUT2D eigenvalue weighted by Gasteiger charge is -2.34. The van der Waals surface area contributed by atoms with Gasteiger partial charge in [-0.25, -0.2) is 8.42 Å². The number of halogens is 1. The maximum absolute atomic E-state index is 14.3. The van der Waals surface area contributed by atoms with Crippen molar-refractivity contribution in [1.82, 2.24) is 10.2 Å². The molecule has 9 heteroatoms. The lowest BCUT2D eigenvalue weighted by Crippen LogP contribution is -2.54. The predicted octanol–water partition coefficient (Wildman–Crippen LogP) is 5.42. The molecule has 4 rings (SSSR count). The third kappa shape index (κ3) is 8.11. The summed E-state index contributed by atoms with van der Waals surface area (Å²) in [5, 5.41) is 3.66. The van der Waals surface area contributed by atoms with Crippen molar-refractivity contribution >= 4 is 39.1 Å². The Hall–Kier alpha value is -3.36. The molecule has 41 heavy (non-hydrogen) atoms. The number of nitrogens with one attached hydrogen (secondary N) is 1. The first kappa shape index (κ1) is 30.6. The van der Waals surface area contributed by atoms with Crippen molar-refractivity contribution in [3.63, 3.8) is 0 Å². The smallest absolute Gasteiger partial charge is 0.244 e. The summed E-state index contributed by atoms with van der Waals surface area (Å²) >= 11 is 6.13. The Morgan fingerprint density at radius 2 is 1.61 bits per heavy atom. The van der Waals surface area contributed by atoms with Crippen LogP contribution in [0.15, 0.2) is 72.8 Å². The molecule has 0 bridgehead atoms. The van der Waals surface area contributed by atoms with Gasteiger partial charge in [0.05, 0.1) is 11.9 Å². The van der Waals surface area contributed by atoms with Gasteiger partial charge in [0.2, 0.25) is 21.8 Å². The van der Waals surface area contributed by atoms with Crippen LogP contribution in [0.5, 0.6) is 0 Å². The van der Waals surface area contributed by atoms with Gasteiger partial charge in [-0.2, -0.15) is 0 Å². The molecule has 7 nitrogen and oxygen atoms in total. The first-order valence-corrected chi connectivity index (χ1v) is 16.2. The molecule has 218 valence electrons. The summed E-state index contributed by atoms with van der Waals surface area (Å²) in [7, 11) is -3.84. The zero-order chi connectivity index (χ0) is 29.6. The largest absolute Gasteiger partial charge is 0.352 e. The summed E-state index contributed by atoms with van der Waals surface area (Å²) in [5.41, 5.74) is 3.78. The molecule has 1 saturated carbocycles. The third-order valence-electron chi connectivity index (χ3n) is 7.68. The first-order valence-electron chi connectivity index (χ1n) is 13.9. The second-order valence-corrected chi connectivity index (χ2v) is 13.2. The fourth-order valence-corrected chi connectivity index (χ4v) is 6.52. The Kier molecular flexibility index (Phi) is 10.1. The summed E-state index contributed by atoms with van der Waals surface area (Å²) in [6, 6.07) is 21.4. The highest BCUT2D eigenvalue weighted by Gasteiger charge is 2.34. The van der Waals surface area contributed by atoms with Gasteiger partial charge in [-0.1, -0.05) is 79.0 Å². The van der Waals surface area contributed by atoms with E-state index < -0.39 is 28.5 Å². The fourth-order valence-electron chi connectivity index (χ4n) is 5.39. The molecule has 0 heterocycles. The Labute approximate surface area is 248 Å². The highest BCUT2D eigenvalue weighted by Crippen LogP contribution is 2.27. The van der Waals surface area contributed by atoms with E-state index in [0.717, 1.165) is 52.9 Å². The zero-order valence-electron chi connectivity index (χ0n) is 23.8. The molecule has 2 amide bonds.